The average molecular weight is 483 g/mol. The van der Waals surface area contributed by atoms with Gasteiger partial charge in [-0.25, -0.2) is 4.79 Å². The van der Waals surface area contributed by atoms with Crippen LogP contribution in [0.1, 0.15) is 50.5 Å². The van der Waals surface area contributed by atoms with E-state index >= 15 is 0 Å². The average Bonchev–Trinajstić information content (AvgIpc) is 2.76. The molecule has 0 spiro atoms. The highest BCUT2D eigenvalue weighted by atomic mass is 32.1. The predicted octanol–water partition coefficient (Wildman–Crippen LogP) is 5.09. The third-order valence-electron chi connectivity index (χ3n) is 5.15. The summed E-state index contributed by atoms with van der Waals surface area (Å²) >= 11 is 5.26. The number of benzene rings is 2. The zero-order valence-electron chi connectivity index (χ0n) is 20.1. The Balaban J connectivity index is 1.78. The van der Waals surface area contributed by atoms with Crippen molar-refractivity contribution in [2.75, 3.05) is 11.9 Å². The maximum Gasteiger partial charge on any atom is 0.410 e. The van der Waals surface area contributed by atoms with Gasteiger partial charge in [0, 0.05) is 30.9 Å². The zero-order valence-corrected chi connectivity index (χ0v) is 20.9. The molecular formula is C25H30N4O4S. The van der Waals surface area contributed by atoms with E-state index < -0.39 is 5.60 Å². The summed E-state index contributed by atoms with van der Waals surface area (Å²) in [6.07, 6.45) is -0.389. The van der Waals surface area contributed by atoms with Gasteiger partial charge in [0.15, 0.2) is 4.77 Å². The molecule has 0 aliphatic carbocycles. The van der Waals surface area contributed by atoms with E-state index in [2.05, 4.69) is 10.3 Å². The minimum atomic E-state index is -0.576. The first kappa shape index (κ1) is 25.2. The summed E-state index contributed by atoms with van der Waals surface area (Å²) in [7, 11) is 0. The standard InChI is InChI=1S/C25H30N4O4S/c1-6-28(24(32)33-25(3,4)5)15-16-9-8-10-18(13-16)26-21(30)17-11-12-19-20(14-17)27-23(34)29(7-2)22(19)31/h8-14H,6-7,15H2,1-5H3,(H,26,30)(H,27,34). The van der Waals surface area contributed by atoms with Crippen molar-refractivity contribution >= 4 is 40.8 Å². The molecular weight excluding hydrogens is 452 g/mol. The molecule has 0 unspecified atom stereocenters. The van der Waals surface area contributed by atoms with Gasteiger partial charge in [-0.2, -0.15) is 0 Å². The van der Waals surface area contributed by atoms with Crippen LogP contribution < -0.4 is 10.9 Å². The van der Waals surface area contributed by atoms with Crippen LogP contribution in [-0.4, -0.2) is 38.6 Å². The Hall–Kier alpha value is -3.46. The number of carbonyl (C=O) groups excluding carboxylic acids is 2. The Morgan fingerprint density at radius 3 is 2.53 bits per heavy atom. The molecule has 0 aliphatic rings. The van der Waals surface area contributed by atoms with Crippen molar-refractivity contribution in [1.82, 2.24) is 14.5 Å². The van der Waals surface area contributed by atoms with Crippen LogP contribution in [0.25, 0.3) is 10.9 Å². The fraction of sp³-hybridized carbons (Fsp3) is 0.360. The number of hydrogen-bond donors (Lipinski definition) is 2. The zero-order chi connectivity index (χ0) is 25.0. The summed E-state index contributed by atoms with van der Waals surface area (Å²) in [5.74, 6) is -0.322. The van der Waals surface area contributed by atoms with Crippen LogP contribution in [0.2, 0.25) is 0 Å². The summed E-state index contributed by atoms with van der Waals surface area (Å²) in [6, 6.07) is 12.2. The maximum atomic E-state index is 12.9. The van der Waals surface area contributed by atoms with Gasteiger partial charge in [-0.15, -0.1) is 0 Å². The van der Waals surface area contributed by atoms with Crippen molar-refractivity contribution in [3.05, 3.63) is 68.7 Å². The number of rotatable bonds is 6. The van der Waals surface area contributed by atoms with Gasteiger partial charge in [0.25, 0.3) is 11.5 Å². The van der Waals surface area contributed by atoms with Gasteiger partial charge in [0.1, 0.15) is 5.60 Å². The molecule has 8 nitrogen and oxygen atoms in total. The Morgan fingerprint density at radius 1 is 1.15 bits per heavy atom. The van der Waals surface area contributed by atoms with Crippen LogP contribution in [0.15, 0.2) is 47.3 Å². The van der Waals surface area contributed by atoms with Crippen molar-refractivity contribution in [2.45, 2.75) is 53.3 Å². The first-order valence-electron chi connectivity index (χ1n) is 11.2. The molecule has 1 aromatic heterocycles. The van der Waals surface area contributed by atoms with Gasteiger partial charge in [-0.1, -0.05) is 12.1 Å². The molecule has 0 atom stereocenters. The lowest BCUT2D eigenvalue weighted by Gasteiger charge is -2.26. The number of hydrogen-bond acceptors (Lipinski definition) is 5. The predicted molar refractivity (Wildman–Crippen MR) is 136 cm³/mol. The molecule has 0 radical (unpaired) electrons. The van der Waals surface area contributed by atoms with Gasteiger partial charge in [-0.3, -0.25) is 14.2 Å². The number of ether oxygens (including phenoxy) is 1. The van der Waals surface area contributed by atoms with Gasteiger partial charge >= 0.3 is 6.09 Å². The summed E-state index contributed by atoms with van der Waals surface area (Å²) in [5.41, 5.74) is 1.59. The number of nitrogens with one attached hydrogen (secondary N) is 2. The van der Waals surface area contributed by atoms with Gasteiger partial charge in [0.2, 0.25) is 0 Å². The van der Waals surface area contributed by atoms with E-state index in [1.165, 1.54) is 4.57 Å². The Bertz CT molecular complexity index is 1340. The Labute approximate surface area is 203 Å². The quantitative estimate of drug-likeness (QED) is 0.477. The van der Waals surface area contributed by atoms with E-state index in [-0.39, 0.29) is 17.6 Å². The van der Waals surface area contributed by atoms with Crippen molar-refractivity contribution in [1.29, 1.82) is 0 Å². The Kier molecular flexibility index (Phi) is 7.56. The van der Waals surface area contributed by atoms with Crippen LogP contribution in [0.4, 0.5) is 10.5 Å². The minimum Gasteiger partial charge on any atom is -0.444 e. The van der Waals surface area contributed by atoms with E-state index in [1.54, 1.807) is 29.2 Å². The maximum absolute atomic E-state index is 12.9. The van der Waals surface area contributed by atoms with Gasteiger partial charge in [0.05, 0.1) is 10.9 Å². The largest absolute Gasteiger partial charge is 0.444 e. The molecule has 34 heavy (non-hydrogen) atoms. The molecule has 0 saturated heterocycles. The number of fused-ring (bicyclic) bond motifs is 1. The highest BCUT2D eigenvalue weighted by molar-refractivity contribution is 7.71. The molecule has 180 valence electrons. The molecule has 1 heterocycles. The second kappa shape index (κ2) is 10.2. The fourth-order valence-electron chi connectivity index (χ4n) is 3.49. The van der Waals surface area contributed by atoms with E-state index in [1.807, 2.05) is 52.8 Å². The molecule has 2 aromatic carbocycles. The summed E-state index contributed by atoms with van der Waals surface area (Å²) in [4.78, 5) is 42.5. The molecule has 0 aliphatic heterocycles. The highest BCUT2D eigenvalue weighted by Crippen LogP contribution is 2.18. The molecule has 2 amide bonds. The van der Waals surface area contributed by atoms with E-state index in [0.717, 1.165) is 5.56 Å². The lowest BCUT2D eigenvalue weighted by Crippen LogP contribution is -2.36. The minimum absolute atomic E-state index is 0.189. The highest BCUT2D eigenvalue weighted by Gasteiger charge is 2.21. The third kappa shape index (κ3) is 5.91. The smallest absolute Gasteiger partial charge is 0.410 e. The number of carbonyl (C=O) groups is 2. The summed E-state index contributed by atoms with van der Waals surface area (Å²) < 4.78 is 7.25. The molecule has 3 aromatic rings. The summed E-state index contributed by atoms with van der Waals surface area (Å²) in [5, 5.41) is 3.35. The third-order valence-corrected chi connectivity index (χ3v) is 5.47. The van der Waals surface area contributed by atoms with Crippen LogP contribution in [0, 0.1) is 4.77 Å². The number of anilines is 1. The first-order chi connectivity index (χ1) is 16.0. The second-order valence-corrected chi connectivity index (χ2v) is 9.28. The molecule has 0 fully saturated rings. The second-order valence-electron chi connectivity index (χ2n) is 8.89. The lowest BCUT2D eigenvalue weighted by molar-refractivity contribution is 0.0244. The van der Waals surface area contributed by atoms with Crippen LogP contribution in [-0.2, 0) is 17.8 Å². The summed E-state index contributed by atoms with van der Waals surface area (Å²) in [6.45, 7) is 10.5. The molecule has 0 bridgehead atoms. The normalized spacial score (nSPS) is 11.3. The monoisotopic (exact) mass is 482 g/mol. The number of nitrogens with zero attached hydrogens (tertiary/aromatic N) is 2. The van der Waals surface area contributed by atoms with Gasteiger partial charge < -0.3 is 19.9 Å². The number of aromatic amines is 1. The van der Waals surface area contributed by atoms with Crippen molar-refractivity contribution in [2.24, 2.45) is 0 Å². The van der Waals surface area contributed by atoms with Crippen LogP contribution >= 0.6 is 12.2 Å². The van der Waals surface area contributed by atoms with E-state index in [0.29, 0.717) is 46.6 Å². The van der Waals surface area contributed by atoms with Crippen molar-refractivity contribution < 1.29 is 14.3 Å². The molecule has 9 heteroatoms. The molecule has 0 saturated carbocycles. The number of aromatic nitrogens is 2. The van der Waals surface area contributed by atoms with Gasteiger partial charge in [-0.05, 0) is 82.7 Å². The van der Waals surface area contributed by atoms with Crippen LogP contribution in [0.5, 0.6) is 0 Å². The van der Waals surface area contributed by atoms with Crippen molar-refractivity contribution in [3.8, 4) is 0 Å². The molecule has 2 N–H and O–H groups in total. The Morgan fingerprint density at radius 2 is 1.88 bits per heavy atom. The lowest BCUT2D eigenvalue weighted by atomic mass is 10.1. The number of amides is 2. The fourth-order valence-corrected chi connectivity index (χ4v) is 3.81. The van der Waals surface area contributed by atoms with E-state index in [4.69, 9.17) is 17.0 Å². The number of H-pyrrole nitrogens is 1. The SMILES string of the molecule is CCN(Cc1cccc(NC(=O)c2ccc3c(=O)n(CC)c(=S)[nH]c3c2)c1)C(=O)OC(C)(C)C. The van der Waals surface area contributed by atoms with Crippen LogP contribution in [0.3, 0.4) is 0 Å². The topological polar surface area (TPSA) is 96.4 Å². The molecule has 3 rings (SSSR count). The van der Waals surface area contributed by atoms with E-state index in [9.17, 15) is 14.4 Å². The van der Waals surface area contributed by atoms with Crippen molar-refractivity contribution in [3.63, 3.8) is 0 Å². The first-order valence-corrected chi connectivity index (χ1v) is 11.6.